The van der Waals surface area contributed by atoms with Crippen molar-refractivity contribution in [1.82, 2.24) is 26.2 Å². The minimum absolute atomic E-state index is 0.0602. The highest BCUT2D eigenvalue weighted by atomic mass is 16.3. The van der Waals surface area contributed by atoms with Crippen LogP contribution in [0.4, 0.5) is 0 Å². The summed E-state index contributed by atoms with van der Waals surface area (Å²) in [4.78, 5) is 66.8. The van der Waals surface area contributed by atoms with E-state index in [4.69, 9.17) is 5.73 Å². The molecule has 3 rings (SSSR count). The number of hydrogen-bond donors (Lipinski definition) is 6. The van der Waals surface area contributed by atoms with Gasteiger partial charge < -0.3 is 37.0 Å². The second kappa shape index (κ2) is 10.9. The summed E-state index contributed by atoms with van der Waals surface area (Å²) in [5, 5.41) is 21.2. The van der Waals surface area contributed by atoms with E-state index in [1.54, 1.807) is 13.8 Å². The summed E-state index contributed by atoms with van der Waals surface area (Å²) in [5.74, 6) is -3.45. The van der Waals surface area contributed by atoms with E-state index in [1.807, 2.05) is 0 Å². The zero-order chi connectivity index (χ0) is 26.0. The number of carbonyl (C=O) groups is 5. The topological polar surface area (TPSA) is 183 Å². The summed E-state index contributed by atoms with van der Waals surface area (Å²) in [6.07, 6.45) is 0.802. The zero-order valence-corrected chi connectivity index (χ0v) is 20.7. The van der Waals surface area contributed by atoms with Crippen LogP contribution in [-0.2, 0) is 24.0 Å². The maximum Gasteiger partial charge on any atom is 0.248 e. The van der Waals surface area contributed by atoms with Gasteiger partial charge in [-0.25, -0.2) is 0 Å². The van der Waals surface area contributed by atoms with E-state index in [0.717, 1.165) is 6.42 Å². The van der Waals surface area contributed by atoms with Crippen molar-refractivity contribution >= 4 is 29.5 Å². The van der Waals surface area contributed by atoms with Crippen LogP contribution in [0.25, 0.3) is 0 Å². The van der Waals surface area contributed by atoms with Crippen molar-refractivity contribution in [1.29, 1.82) is 0 Å². The van der Waals surface area contributed by atoms with Crippen LogP contribution >= 0.6 is 0 Å². The molecule has 3 fully saturated rings. The molecule has 2 saturated heterocycles. The van der Waals surface area contributed by atoms with Crippen LogP contribution < -0.4 is 27.0 Å². The van der Waals surface area contributed by atoms with Gasteiger partial charge in [0.05, 0.1) is 12.0 Å². The van der Waals surface area contributed by atoms with Crippen LogP contribution in [0.1, 0.15) is 53.4 Å². The van der Waals surface area contributed by atoms with Gasteiger partial charge in [-0.15, -0.1) is 0 Å². The minimum Gasteiger partial charge on any atom is -0.391 e. The van der Waals surface area contributed by atoms with Gasteiger partial charge in [-0.2, -0.15) is 0 Å². The SMILES string of the molecule is CC(C)[C@H]1NC(=O)[C@H]2CCC[C@@H]2NC(=O)[C@H](C)NC(=O)[C@@H]2C[C@H](N)CN2C(=O)[C@@H]([C@@H](C)O)NC1=O. The zero-order valence-electron chi connectivity index (χ0n) is 20.7. The molecule has 8 atom stereocenters. The molecule has 0 spiro atoms. The number of nitrogens with two attached hydrogens (primary N) is 1. The van der Waals surface area contributed by atoms with Crippen LogP contribution in [0.2, 0.25) is 0 Å². The Bertz CT molecular complexity index is 863. The fourth-order valence-corrected chi connectivity index (χ4v) is 5.10. The van der Waals surface area contributed by atoms with Gasteiger partial charge in [0.25, 0.3) is 0 Å². The third-order valence-electron chi connectivity index (χ3n) is 7.14. The molecule has 0 bridgehead atoms. The molecule has 7 N–H and O–H groups in total. The monoisotopic (exact) mass is 494 g/mol. The summed E-state index contributed by atoms with van der Waals surface area (Å²) in [6.45, 7) is 6.49. The predicted molar refractivity (Wildman–Crippen MR) is 125 cm³/mol. The van der Waals surface area contributed by atoms with E-state index in [9.17, 15) is 29.1 Å². The minimum atomic E-state index is -1.34. The first-order valence-corrected chi connectivity index (χ1v) is 12.4. The Morgan fingerprint density at radius 2 is 1.54 bits per heavy atom. The Morgan fingerprint density at radius 1 is 0.886 bits per heavy atom. The lowest BCUT2D eigenvalue weighted by molar-refractivity contribution is -0.145. The van der Waals surface area contributed by atoms with Gasteiger partial charge in [0.2, 0.25) is 29.5 Å². The van der Waals surface area contributed by atoms with Gasteiger partial charge in [-0.3, -0.25) is 24.0 Å². The summed E-state index contributed by atoms with van der Waals surface area (Å²) in [5.41, 5.74) is 6.05. The van der Waals surface area contributed by atoms with Crippen LogP contribution in [0.15, 0.2) is 0 Å². The smallest absolute Gasteiger partial charge is 0.248 e. The summed E-state index contributed by atoms with van der Waals surface area (Å²) in [6, 6.07) is -5.04. The lowest BCUT2D eigenvalue weighted by Crippen LogP contribution is -2.62. The van der Waals surface area contributed by atoms with Crippen molar-refractivity contribution in [3.05, 3.63) is 0 Å². The van der Waals surface area contributed by atoms with E-state index in [-0.39, 0.29) is 24.8 Å². The normalized spacial score (nSPS) is 36.1. The number of carbonyl (C=O) groups excluding carboxylic acids is 5. The predicted octanol–water partition coefficient (Wildman–Crippen LogP) is -2.28. The van der Waals surface area contributed by atoms with E-state index < -0.39 is 71.9 Å². The lowest BCUT2D eigenvalue weighted by atomic mass is 9.98. The first-order valence-electron chi connectivity index (χ1n) is 12.4. The Hall–Kier alpha value is -2.73. The van der Waals surface area contributed by atoms with E-state index in [2.05, 4.69) is 21.3 Å². The third-order valence-corrected chi connectivity index (χ3v) is 7.14. The summed E-state index contributed by atoms with van der Waals surface area (Å²) < 4.78 is 0. The highest BCUT2D eigenvalue weighted by molar-refractivity contribution is 5.97. The van der Waals surface area contributed by atoms with Crippen LogP contribution in [-0.4, -0.2) is 88.4 Å². The van der Waals surface area contributed by atoms with Crippen molar-refractivity contribution in [3.8, 4) is 0 Å². The maximum absolute atomic E-state index is 13.4. The fourth-order valence-electron chi connectivity index (χ4n) is 5.10. The Balaban J connectivity index is 1.97. The molecule has 2 aliphatic heterocycles. The second-order valence-corrected chi connectivity index (χ2v) is 10.3. The van der Waals surface area contributed by atoms with Crippen molar-refractivity contribution in [2.24, 2.45) is 17.6 Å². The number of amides is 5. The number of nitrogens with one attached hydrogen (secondary N) is 4. The van der Waals surface area contributed by atoms with Gasteiger partial charge in [0, 0.05) is 18.6 Å². The molecule has 0 unspecified atom stereocenters. The molecule has 2 heterocycles. The van der Waals surface area contributed by atoms with Crippen molar-refractivity contribution < 1.29 is 29.1 Å². The van der Waals surface area contributed by atoms with E-state index in [1.165, 1.54) is 18.7 Å². The quantitative estimate of drug-likeness (QED) is 0.250. The lowest BCUT2D eigenvalue weighted by Gasteiger charge is -2.33. The molecule has 5 amide bonds. The molecule has 0 aromatic rings. The average Bonchev–Trinajstić information content (AvgIpc) is 3.40. The number of fused-ring (bicyclic) bond motifs is 2. The van der Waals surface area contributed by atoms with E-state index in [0.29, 0.717) is 12.8 Å². The first kappa shape index (κ1) is 26.9. The standard InChI is InChI=1S/C23H38N6O6/c1-10(2)17-22(34)28-18(12(4)30)23(35)29-9-13(24)8-16(29)21(33)25-11(3)19(31)26-15-7-5-6-14(15)20(32)27-17/h10-18,30H,5-9,24H2,1-4H3,(H,25,33)(H,26,31)(H,27,32)(H,28,34)/t11-,12+,13-,14-,15-,16-,17+,18+/m0/s1. The Kier molecular flexibility index (Phi) is 8.37. The number of nitrogens with zero attached hydrogens (tertiary/aromatic N) is 1. The molecule has 35 heavy (non-hydrogen) atoms. The molecule has 0 aromatic carbocycles. The fraction of sp³-hybridized carbons (Fsp3) is 0.783. The number of aliphatic hydroxyl groups is 1. The largest absolute Gasteiger partial charge is 0.391 e. The molecule has 12 nitrogen and oxygen atoms in total. The Morgan fingerprint density at radius 3 is 2.17 bits per heavy atom. The van der Waals surface area contributed by atoms with Crippen LogP contribution in [0.5, 0.6) is 0 Å². The van der Waals surface area contributed by atoms with Crippen molar-refractivity contribution in [2.75, 3.05) is 6.54 Å². The number of hydrogen-bond acceptors (Lipinski definition) is 7. The van der Waals surface area contributed by atoms with Gasteiger partial charge in [0.1, 0.15) is 24.2 Å². The first-order chi connectivity index (χ1) is 16.4. The number of rotatable bonds is 2. The molecule has 196 valence electrons. The molecule has 12 heteroatoms. The van der Waals surface area contributed by atoms with Crippen LogP contribution in [0, 0.1) is 11.8 Å². The summed E-state index contributed by atoms with van der Waals surface area (Å²) in [7, 11) is 0. The highest BCUT2D eigenvalue weighted by Crippen LogP contribution is 2.27. The molecule has 3 aliphatic rings. The summed E-state index contributed by atoms with van der Waals surface area (Å²) >= 11 is 0. The van der Waals surface area contributed by atoms with Gasteiger partial charge in [0.15, 0.2) is 0 Å². The molecule has 1 saturated carbocycles. The number of aliphatic hydroxyl groups excluding tert-OH is 1. The molecule has 0 radical (unpaired) electrons. The third kappa shape index (κ3) is 5.92. The second-order valence-electron chi connectivity index (χ2n) is 10.3. The highest BCUT2D eigenvalue weighted by Gasteiger charge is 2.44. The van der Waals surface area contributed by atoms with Crippen molar-refractivity contribution in [3.63, 3.8) is 0 Å². The molecular formula is C23H38N6O6. The van der Waals surface area contributed by atoms with Gasteiger partial charge in [-0.05, 0) is 39.0 Å². The molecule has 0 aromatic heterocycles. The maximum atomic E-state index is 13.4. The van der Waals surface area contributed by atoms with Gasteiger partial charge in [-0.1, -0.05) is 20.3 Å². The van der Waals surface area contributed by atoms with Crippen molar-refractivity contribution in [2.45, 2.75) is 95.7 Å². The van der Waals surface area contributed by atoms with Crippen LogP contribution in [0.3, 0.4) is 0 Å². The van der Waals surface area contributed by atoms with Gasteiger partial charge >= 0.3 is 0 Å². The average molecular weight is 495 g/mol. The molecule has 1 aliphatic carbocycles. The van der Waals surface area contributed by atoms with E-state index >= 15 is 0 Å². The molecular weight excluding hydrogens is 456 g/mol. The Labute approximate surface area is 205 Å².